The van der Waals surface area contributed by atoms with Crippen LogP contribution in [0.1, 0.15) is 37.8 Å². The lowest BCUT2D eigenvalue weighted by Crippen LogP contribution is -2.36. The van der Waals surface area contributed by atoms with Crippen LogP contribution in [0.25, 0.3) is 0 Å². The third-order valence-corrected chi connectivity index (χ3v) is 3.73. The Bertz CT molecular complexity index is 369. The highest BCUT2D eigenvalue weighted by atomic mass is 19.1. The summed E-state index contributed by atoms with van der Waals surface area (Å²) in [6, 6.07) is 7.18. The molecule has 0 aromatic heterocycles. The number of hydrogen-bond acceptors (Lipinski definition) is 2. The molecule has 1 aliphatic rings. The zero-order valence-electron chi connectivity index (χ0n) is 10.2. The van der Waals surface area contributed by atoms with E-state index in [0.717, 1.165) is 19.3 Å². The molecule has 0 saturated heterocycles. The maximum atomic E-state index is 13.6. The Morgan fingerprint density at radius 1 is 1.41 bits per heavy atom. The van der Waals surface area contributed by atoms with Crippen LogP contribution >= 0.6 is 0 Å². The normalized spacial score (nSPS) is 26.1. The van der Waals surface area contributed by atoms with E-state index < -0.39 is 0 Å². The zero-order valence-corrected chi connectivity index (χ0v) is 10.2. The Morgan fingerprint density at radius 2 is 2.18 bits per heavy atom. The predicted octanol–water partition coefficient (Wildman–Crippen LogP) is 2.64. The van der Waals surface area contributed by atoms with E-state index in [1.165, 1.54) is 6.07 Å². The van der Waals surface area contributed by atoms with E-state index in [1.807, 2.05) is 19.1 Å². The van der Waals surface area contributed by atoms with E-state index >= 15 is 0 Å². The first-order chi connectivity index (χ1) is 8.22. The third kappa shape index (κ3) is 2.85. The highest BCUT2D eigenvalue weighted by molar-refractivity contribution is 5.20. The molecular formula is C14H20FNO. The molecule has 94 valence electrons. The van der Waals surface area contributed by atoms with Crippen LogP contribution in [0.3, 0.4) is 0 Å². The van der Waals surface area contributed by atoms with Gasteiger partial charge in [0.1, 0.15) is 5.82 Å². The van der Waals surface area contributed by atoms with Gasteiger partial charge in [0.25, 0.3) is 0 Å². The first kappa shape index (κ1) is 12.5. The summed E-state index contributed by atoms with van der Waals surface area (Å²) in [5.41, 5.74) is 0.705. The number of benzene rings is 1. The third-order valence-electron chi connectivity index (χ3n) is 3.73. The lowest BCUT2D eigenvalue weighted by Gasteiger charge is -2.24. The van der Waals surface area contributed by atoms with Crippen molar-refractivity contribution < 1.29 is 9.50 Å². The Hall–Kier alpha value is -0.930. The quantitative estimate of drug-likeness (QED) is 0.843. The SMILES string of the molecule is C[C@H](N[C@H]1CCC[C@@H]1CO)c1ccccc1F. The topological polar surface area (TPSA) is 32.3 Å². The van der Waals surface area contributed by atoms with Gasteiger partial charge in [-0.15, -0.1) is 0 Å². The molecule has 0 amide bonds. The fourth-order valence-corrected chi connectivity index (χ4v) is 2.71. The predicted molar refractivity (Wildman–Crippen MR) is 66.2 cm³/mol. The Kier molecular flexibility index (Phi) is 4.13. The van der Waals surface area contributed by atoms with E-state index in [4.69, 9.17) is 0 Å². The molecule has 0 bridgehead atoms. The van der Waals surface area contributed by atoms with Crippen molar-refractivity contribution in [3.8, 4) is 0 Å². The monoisotopic (exact) mass is 237 g/mol. The molecule has 1 aromatic carbocycles. The fourth-order valence-electron chi connectivity index (χ4n) is 2.71. The maximum absolute atomic E-state index is 13.6. The minimum Gasteiger partial charge on any atom is -0.396 e. The summed E-state index contributed by atoms with van der Waals surface area (Å²) in [6.45, 7) is 2.20. The van der Waals surface area contributed by atoms with E-state index in [1.54, 1.807) is 6.07 Å². The molecule has 0 spiro atoms. The molecule has 1 aliphatic carbocycles. The second-order valence-electron chi connectivity index (χ2n) is 4.89. The largest absolute Gasteiger partial charge is 0.396 e. The molecule has 0 unspecified atom stereocenters. The van der Waals surface area contributed by atoms with Crippen molar-refractivity contribution in [2.45, 2.75) is 38.3 Å². The lowest BCUT2D eigenvalue weighted by molar-refractivity contribution is 0.200. The van der Waals surface area contributed by atoms with E-state index in [-0.39, 0.29) is 18.5 Å². The van der Waals surface area contributed by atoms with Gasteiger partial charge >= 0.3 is 0 Å². The van der Waals surface area contributed by atoms with Gasteiger partial charge in [-0.1, -0.05) is 24.6 Å². The highest BCUT2D eigenvalue weighted by Gasteiger charge is 2.28. The summed E-state index contributed by atoms with van der Waals surface area (Å²) < 4.78 is 13.6. The van der Waals surface area contributed by atoms with Crippen molar-refractivity contribution >= 4 is 0 Å². The molecule has 2 nitrogen and oxygen atoms in total. The van der Waals surface area contributed by atoms with Crippen LogP contribution in [0.4, 0.5) is 4.39 Å². The van der Waals surface area contributed by atoms with Gasteiger partial charge in [0.05, 0.1) is 0 Å². The summed E-state index contributed by atoms with van der Waals surface area (Å²) >= 11 is 0. The maximum Gasteiger partial charge on any atom is 0.127 e. The number of aliphatic hydroxyl groups excluding tert-OH is 1. The molecule has 0 heterocycles. The molecule has 2 rings (SSSR count). The van der Waals surface area contributed by atoms with Crippen LogP contribution in [0.2, 0.25) is 0 Å². The molecule has 1 saturated carbocycles. The summed E-state index contributed by atoms with van der Waals surface area (Å²) in [7, 11) is 0. The van der Waals surface area contributed by atoms with Gasteiger partial charge in [0.15, 0.2) is 0 Å². The fraction of sp³-hybridized carbons (Fsp3) is 0.571. The number of hydrogen-bond donors (Lipinski definition) is 2. The van der Waals surface area contributed by atoms with Gasteiger partial charge in [-0.3, -0.25) is 0 Å². The summed E-state index contributed by atoms with van der Waals surface area (Å²) in [6.07, 6.45) is 3.29. The average Bonchev–Trinajstić information content (AvgIpc) is 2.76. The van der Waals surface area contributed by atoms with Crippen LogP contribution in [-0.4, -0.2) is 17.8 Å². The van der Waals surface area contributed by atoms with Crippen molar-refractivity contribution in [2.75, 3.05) is 6.61 Å². The summed E-state index contributed by atoms with van der Waals surface area (Å²) in [5.74, 6) is 0.162. The van der Waals surface area contributed by atoms with Crippen LogP contribution in [0, 0.1) is 11.7 Å². The van der Waals surface area contributed by atoms with E-state index in [2.05, 4.69) is 5.32 Å². The summed E-state index contributed by atoms with van der Waals surface area (Å²) in [5, 5.41) is 12.7. The zero-order chi connectivity index (χ0) is 12.3. The molecular weight excluding hydrogens is 217 g/mol. The van der Waals surface area contributed by atoms with Crippen molar-refractivity contribution in [1.82, 2.24) is 5.32 Å². The Morgan fingerprint density at radius 3 is 2.88 bits per heavy atom. The standard InChI is InChI=1S/C14H20FNO/c1-10(12-6-2-3-7-13(12)15)16-14-8-4-5-11(14)9-17/h2-3,6-7,10-11,14,16-17H,4-5,8-9H2,1H3/t10-,11+,14-/m0/s1. The van der Waals surface area contributed by atoms with Gasteiger partial charge in [-0.25, -0.2) is 4.39 Å². The van der Waals surface area contributed by atoms with Gasteiger partial charge in [-0.05, 0) is 31.7 Å². The molecule has 1 fully saturated rings. The number of rotatable bonds is 4. The number of nitrogens with one attached hydrogen (secondary N) is 1. The van der Waals surface area contributed by atoms with Gasteiger partial charge in [0, 0.05) is 24.3 Å². The smallest absolute Gasteiger partial charge is 0.127 e. The first-order valence-corrected chi connectivity index (χ1v) is 6.33. The first-order valence-electron chi connectivity index (χ1n) is 6.33. The van der Waals surface area contributed by atoms with Crippen molar-refractivity contribution in [2.24, 2.45) is 5.92 Å². The molecule has 17 heavy (non-hydrogen) atoms. The van der Waals surface area contributed by atoms with Crippen molar-refractivity contribution in [3.63, 3.8) is 0 Å². The van der Waals surface area contributed by atoms with Crippen molar-refractivity contribution in [3.05, 3.63) is 35.6 Å². The Labute approximate surface area is 102 Å². The van der Waals surface area contributed by atoms with Crippen molar-refractivity contribution in [1.29, 1.82) is 0 Å². The van der Waals surface area contributed by atoms with Crippen LogP contribution in [-0.2, 0) is 0 Å². The van der Waals surface area contributed by atoms with Crippen LogP contribution < -0.4 is 5.32 Å². The van der Waals surface area contributed by atoms with Gasteiger partial charge in [-0.2, -0.15) is 0 Å². The molecule has 3 heteroatoms. The minimum absolute atomic E-state index is 0.00616. The number of aliphatic hydroxyl groups is 1. The molecule has 0 aliphatic heterocycles. The second-order valence-corrected chi connectivity index (χ2v) is 4.89. The van der Waals surface area contributed by atoms with Crippen LogP contribution in [0.5, 0.6) is 0 Å². The molecule has 1 aromatic rings. The highest BCUT2D eigenvalue weighted by Crippen LogP contribution is 2.28. The molecule has 2 N–H and O–H groups in total. The lowest BCUT2D eigenvalue weighted by atomic mass is 10.0. The van der Waals surface area contributed by atoms with E-state index in [0.29, 0.717) is 17.5 Å². The van der Waals surface area contributed by atoms with E-state index in [9.17, 15) is 9.50 Å². The second kappa shape index (κ2) is 5.61. The molecule has 3 atom stereocenters. The minimum atomic E-state index is -0.161. The van der Waals surface area contributed by atoms with Gasteiger partial charge < -0.3 is 10.4 Å². The summed E-state index contributed by atoms with van der Waals surface area (Å²) in [4.78, 5) is 0. The molecule has 0 radical (unpaired) electrons. The average molecular weight is 237 g/mol. The number of halogens is 1. The van der Waals surface area contributed by atoms with Gasteiger partial charge in [0.2, 0.25) is 0 Å². The van der Waals surface area contributed by atoms with Crippen LogP contribution in [0.15, 0.2) is 24.3 Å². The Balaban J connectivity index is 2.01.